The van der Waals surface area contributed by atoms with Crippen LogP contribution in [-0.4, -0.2) is 18.6 Å². The predicted molar refractivity (Wildman–Crippen MR) is 81.2 cm³/mol. The summed E-state index contributed by atoms with van der Waals surface area (Å²) in [6.45, 7) is 4.18. The van der Waals surface area contributed by atoms with Crippen molar-refractivity contribution in [3.05, 3.63) is 28.8 Å². The molecule has 1 N–H and O–H groups in total. The topological polar surface area (TPSA) is 38.3 Å². The minimum atomic E-state index is -0.0682. The Hall–Kier alpha value is -1.22. The second kappa shape index (κ2) is 6.98. The number of nitrogens with one attached hydrogen (secondary N) is 1. The molecule has 0 spiro atoms. The fourth-order valence-electron chi connectivity index (χ4n) is 2.64. The number of carbonyl (C=O) groups is 1. The van der Waals surface area contributed by atoms with E-state index in [0.29, 0.717) is 16.7 Å². The lowest BCUT2D eigenvalue weighted by Crippen LogP contribution is -2.43. The second-order valence-corrected chi connectivity index (χ2v) is 6.07. The third-order valence-corrected chi connectivity index (χ3v) is 4.22. The zero-order chi connectivity index (χ0) is 14.5. The molecule has 0 heterocycles. The van der Waals surface area contributed by atoms with Crippen molar-refractivity contribution in [3.63, 3.8) is 0 Å². The maximum Gasteiger partial charge on any atom is 0.258 e. The van der Waals surface area contributed by atoms with E-state index in [9.17, 15) is 4.79 Å². The van der Waals surface area contributed by atoms with Gasteiger partial charge in [-0.05, 0) is 43.4 Å². The zero-order valence-electron chi connectivity index (χ0n) is 12.1. The molecule has 0 aliphatic heterocycles. The monoisotopic (exact) mass is 295 g/mol. The number of halogens is 1. The third kappa shape index (κ3) is 4.14. The largest absolute Gasteiger partial charge is 0.482 e. The molecule has 1 aliphatic rings. The van der Waals surface area contributed by atoms with Gasteiger partial charge >= 0.3 is 0 Å². The summed E-state index contributed by atoms with van der Waals surface area (Å²) >= 11 is 6.04. The minimum Gasteiger partial charge on any atom is -0.482 e. The van der Waals surface area contributed by atoms with Crippen LogP contribution in [0.4, 0.5) is 0 Å². The SMILES string of the molecule is Cc1ccc(Cl)c(OCC(=O)N[C@H]2CCCC[C@@H]2C)c1. The maximum atomic E-state index is 11.9. The number of benzene rings is 1. The van der Waals surface area contributed by atoms with Crippen LogP contribution in [0.5, 0.6) is 5.75 Å². The summed E-state index contributed by atoms with van der Waals surface area (Å²) in [6.07, 6.45) is 4.72. The normalized spacial score (nSPS) is 22.4. The van der Waals surface area contributed by atoms with Crippen LogP contribution in [0.3, 0.4) is 0 Å². The summed E-state index contributed by atoms with van der Waals surface area (Å²) in [4.78, 5) is 11.9. The highest BCUT2D eigenvalue weighted by molar-refractivity contribution is 6.32. The van der Waals surface area contributed by atoms with Crippen molar-refractivity contribution in [2.45, 2.75) is 45.6 Å². The Bertz CT molecular complexity index is 476. The Kier molecular flexibility index (Phi) is 5.30. The number of amides is 1. The van der Waals surface area contributed by atoms with Crippen LogP contribution in [0.1, 0.15) is 38.2 Å². The van der Waals surface area contributed by atoms with Crippen molar-refractivity contribution in [2.75, 3.05) is 6.61 Å². The van der Waals surface area contributed by atoms with Gasteiger partial charge in [0.2, 0.25) is 0 Å². The summed E-state index contributed by atoms with van der Waals surface area (Å²) < 4.78 is 5.51. The zero-order valence-corrected chi connectivity index (χ0v) is 12.9. The van der Waals surface area contributed by atoms with Crippen LogP contribution >= 0.6 is 11.6 Å². The third-order valence-electron chi connectivity index (χ3n) is 3.90. The molecular formula is C16H22ClNO2. The number of aryl methyl sites for hydroxylation is 1. The molecule has 4 heteroatoms. The highest BCUT2D eigenvalue weighted by Crippen LogP contribution is 2.26. The van der Waals surface area contributed by atoms with Gasteiger partial charge in [-0.2, -0.15) is 0 Å². The van der Waals surface area contributed by atoms with E-state index in [0.717, 1.165) is 12.0 Å². The van der Waals surface area contributed by atoms with Crippen molar-refractivity contribution in [1.29, 1.82) is 0 Å². The number of ether oxygens (including phenoxy) is 1. The van der Waals surface area contributed by atoms with E-state index in [-0.39, 0.29) is 18.6 Å². The lowest BCUT2D eigenvalue weighted by molar-refractivity contribution is -0.124. The first-order valence-electron chi connectivity index (χ1n) is 7.24. The van der Waals surface area contributed by atoms with Gasteiger partial charge in [-0.15, -0.1) is 0 Å². The minimum absolute atomic E-state index is 0.0202. The van der Waals surface area contributed by atoms with Gasteiger partial charge in [-0.1, -0.05) is 37.4 Å². The lowest BCUT2D eigenvalue weighted by atomic mass is 9.86. The molecule has 2 rings (SSSR count). The van der Waals surface area contributed by atoms with Crippen LogP contribution in [-0.2, 0) is 4.79 Å². The Balaban J connectivity index is 1.84. The Morgan fingerprint density at radius 2 is 2.15 bits per heavy atom. The molecule has 1 aromatic carbocycles. The lowest BCUT2D eigenvalue weighted by Gasteiger charge is -2.29. The van der Waals surface area contributed by atoms with Gasteiger partial charge < -0.3 is 10.1 Å². The number of hydrogen-bond donors (Lipinski definition) is 1. The standard InChI is InChI=1S/C16H22ClNO2/c1-11-7-8-13(17)15(9-11)20-10-16(19)18-14-6-4-3-5-12(14)2/h7-9,12,14H,3-6,10H2,1-2H3,(H,18,19)/t12-,14-/m0/s1. The first-order chi connectivity index (χ1) is 9.56. The first-order valence-corrected chi connectivity index (χ1v) is 7.62. The molecule has 1 aromatic rings. The van der Waals surface area contributed by atoms with Crippen molar-refractivity contribution < 1.29 is 9.53 Å². The number of carbonyl (C=O) groups excluding carboxylic acids is 1. The predicted octanol–water partition coefficient (Wildman–Crippen LogP) is 3.72. The molecule has 0 saturated heterocycles. The molecular weight excluding hydrogens is 274 g/mol. The highest BCUT2D eigenvalue weighted by atomic mass is 35.5. The molecule has 110 valence electrons. The van der Waals surface area contributed by atoms with Crippen LogP contribution in [0.15, 0.2) is 18.2 Å². The summed E-state index contributed by atoms with van der Waals surface area (Å²) in [5.74, 6) is 1.05. The van der Waals surface area contributed by atoms with Crippen molar-refractivity contribution in [2.24, 2.45) is 5.92 Å². The van der Waals surface area contributed by atoms with Crippen LogP contribution < -0.4 is 10.1 Å². The molecule has 20 heavy (non-hydrogen) atoms. The van der Waals surface area contributed by atoms with E-state index in [1.54, 1.807) is 6.07 Å². The van der Waals surface area contributed by atoms with Gasteiger partial charge in [0, 0.05) is 6.04 Å². The van der Waals surface area contributed by atoms with Crippen LogP contribution in [0.2, 0.25) is 5.02 Å². The molecule has 0 aromatic heterocycles. The average Bonchev–Trinajstić information content (AvgIpc) is 2.42. The molecule has 2 atom stereocenters. The number of hydrogen-bond acceptors (Lipinski definition) is 2. The van der Waals surface area contributed by atoms with Crippen molar-refractivity contribution >= 4 is 17.5 Å². The summed E-state index contributed by atoms with van der Waals surface area (Å²) in [5, 5.41) is 3.60. The first kappa shape index (κ1) is 15.2. The van der Waals surface area contributed by atoms with E-state index in [1.165, 1.54) is 19.3 Å². The molecule has 1 fully saturated rings. The second-order valence-electron chi connectivity index (χ2n) is 5.66. The highest BCUT2D eigenvalue weighted by Gasteiger charge is 2.22. The molecule has 0 bridgehead atoms. The van der Waals surface area contributed by atoms with E-state index in [2.05, 4.69) is 12.2 Å². The summed E-state index contributed by atoms with van der Waals surface area (Å²) in [5.41, 5.74) is 1.06. The number of rotatable bonds is 4. The molecule has 3 nitrogen and oxygen atoms in total. The molecule has 1 saturated carbocycles. The Morgan fingerprint density at radius 1 is 1.40 bits per heavy atom. The molecule has 1 amide bonds. The summed E-state index contributed by atoms with van der Waals surface area (Å²) in [7, 11) is 0. The van der Waals surface area contributed by atoms with Gasteiger partial charge in [0.25, 0.3) is 5.91 Å². The average molecular weight is 296 g/mol. The molecule has 1 aliphatic carbocycles. The van der Waals surface area contributed by atoms with Gasteiger partial charge in [0.15, 0.2) is 6.61 Å². The fraction of sp³-hybridized carbons (Fsp3) is 0.562. The van der Waals surface area contributed by atoms with Crippen LogP contribution in [0.25, 0.3) is 0 Å². The van der Waals surface area contributed by atoms with Crippen molar-refractivity contribution in [3.8, 4) is 5.75 Å². The Morgan fingerprint density at radius 3 is 2.90 bits per heavy atom. The van der Waals surface area contributed by atoms with Crippen molar-refractivity contribution in [1.82, 2.24) is 5.32 Å². The van der Waals surface area contributed by atoms with E-state index >= 15 is 0 Å². The maximum absolute atomic E-state index is 11.9. The molecule has 0 radical (unpaired) electrons. The fourth-order valence-corrected chi connectivity index (χ4v) is 2.82. The smallest absolute Gasteiger partial charge is 0.258 e. The quantitative estimate of drug-likeness (QED) is 0.919. The van der Waals surface area contributed by atoms with Gasteiger partial charge in [0.05, 0.1) is 5.02 Å². The molecule has 0 unspecified atom stereocenters. The van der Waals surface area contributed by atoms with E-state index < -0.39 is 0 Å². The van der Waals surface area contributed by atoms with Crippen LogP contribution in [0, 0.1) is 12.8 Å². The van der Waals surface area contributed by atoms with E-state index in [4.69, 9.17) is 16.3 Å². The van der Waals surface area contributed by atoms with Gasteiger partial charge in [-0.25, -0.2) is 0 Å². The van der Waals surface area contributed by atoms with Gasteiger partial charge in [-0.3, -0.25) is 4.79 Å². The van der Waals surface area contributed by atoms with E-state index in [1.807, 2.05) is 19.1 Å². The Labute approximate surface area is 125 Å². The van der Waals surface area contributed by atoms with Gasteiger partial charge in [0.1, 0.15) is 5.75 Å². The summed E-state index contributed by atoms with van der Waals surface area (Å²) in [6, 6.07) is 5.83.